The van der Waals surface area contributed by atoms with Gasteiger partial charge in [0.2, 0.25) is 0 Å². The summed E-state index contributed by atoms with van der Waals surface area (Å²) >= 11 is 0. The minimum Gasteiger partial charge on any atom is -0.505 e. The van der Waals surface area contributed by atoms with Crippen molar-refractivity contribution in [1.29, 1.82) is 0 Å². The average molecular weight is 464 g/mol. The van der Waals surface area contributed by atoms with E-state index in [1.165, 1.54) is 5.56 Å². The van der Waals surface area contributed by atoms with E-state index in [4.69, 9.17) is 5.73 Å². The first kappa shape index (κ1) is 24.2. The molecule has 35 heavy (non-hydrogen) atoms. The van der Waals surface area contributed by atoms with Crippen molar-refractivity contribution in [2.24, 2.45) is 10.2 Å². The fraction of sp³-hybridized carbons (Fsp3) is 0.226. The summed E-state index contributed by atoms with van der Waals surface area (Å²) in [6.45, 7) is 8.71. The van der Waals surface area contributed by atoms with E-state index in [1.807, 2.05) is 48.5 Å². The van der Waals surface area contributed by atoms with Gasteiger partial charge in [0.15, 0.2) is 0 Å². The first-order valence-corrected chi connectivity index (χ1v) is 12.0. The summed E-state index contributed by atoms with van der Waals surface area (Å²) in [6.07, 6.45) is 0.808. The number of phenolic OH excluding ortho intramolecular Hbond substituents is 1. The van der Waals surface area contributed by atoms with Crippen molar-refractivity contribution >= 4 is 17.1 Å². The van der Waals surface area contributed by atoms with Gasteiger partial charge in [-0.2, -0.15) is 0 Å². The minimum absolute atomic E-state index is 0.143. The molecule has 4 nitrogen and oxygen atoms in total. The largest absolute Gasteiger partial charge is 0.505 e. The molecule has 0 aliphatic carbocycles. The molecule has 0 aliphatic rings. The van der Waals surface area contributed by atoms with E-state index in [9.17, 15) is 5.11 Å². The van der Waals surface area contributed by atoms with Crippen molar-refractivity contribution in [3.05, 3.63) is 119 Å². The van der Waals surface area contributed by atoms with Crippen LogP contribution in [0, 0.1) is 0 Å². The maximum atomic E-state index is 11.5. The van der Waals surface area contributed by atoms with E-state index in [2.05, 4.69) is 80.4 Å². The van der Waals surface area contributed by atoms with Crippen LogP contribution in [0.25, 0.3) is 0 Å². The van der Waals surface area contributed by atoms with Gasteiger partial charge in [-0.15, -0.1) is 10.2 Å². The lowest BCUT2D eigenvalue weighted by molar-refractivity contribution is 0.441. The lowest BCUT2D eigenvalue weighted by Crippen LogP contribution is -2.25. The number of hydrogen-bond donors (Lipinski definition) is 2. The molecule has 0 aliphatic heterocycles. The Kier molecular flexibility index (Phi) is 6.74. The topological polar surface area (TPSA) is 71.0 Å². The second kappa shape index (κ2) is 9.75. The maximum absolute atomic E-state index is 11.5. The highest BCUT2D eigenvalue weighted by Gasteiger charge is 2.34. The average Bonchev–Trinajstić information content (AvgIpc) is 2.89. The fourth-order valence-electron chi connectivity index (χ4n) is 4.54. The van der Waals surface area contributed by atoms with Gasteiger partial charge in [0.25, 0.3) is 0 Å². The molecule has 0 radical (unpaired) electrons. The molecule has 178 valence electrons. The van der Waals surface area contributed by atoms with E-state index < -0.39 is 5.41 Å². The van der Waals surface area contributed by atoms with Gasteiger partial charge in [-0.1, -0.05) is 107 Å². The predicted octanol–water partition coefficient (Wildman–Crippen LogP) is 8.43. The number of nitrogen functional groups attached to an aromatic ring is 1. The van der Waals surface area contributed by atoms with Crippen LogP contribution >= 0.6 is 0 Å². The smallest absolute Gasteiger partial charge is 0.147 e. The molecule has 4 aromatic carbocycles. The van der Waals surface area contributed by atoms with Crippen LogP contribution < -0.4 is 5.73 Å². The number of rotatable bonds is 7. The first-order chi connectivity index (χ1) is 16.8. The third kappa shape index (κ3) is 4.69. The molecule has 0 bridgehead atoms. The van der Waals surface area contributed by atoms with E-state index in [0.717, 1.165) is 23.1 Å². The highest BCUT2D eigenvalue weighted by Crippen LogP contribution is 2.47. The number of nitrogens with two attached hydrogens (primary N) is 1. The van der Waals surface area contributed by atoms with Crippen LogP contribution in [0.4, 0.5) is 17.1 Å². The summed E-state index contributed by atoms with van der Waals surface area (Å²) in [5.74, 6) is 0.143. The Hall–Kier alpha value is -3.92. The van der Waals surface area contributed by atoms with Gasteiger partial charge in [0, 0.05) is 16.4 Å². The second-order valence-corrected chi connectivity index (χ2v) is 9.69. The van der Waals surface area contributed by atoms with Crippen molar-refractivity contribution in [2.45, 2.75) is 44.9 Å². The molecule has 0 saturated carbocycles. The molecule has 0 spiro atoms. The summed E-state index contributed by atoms with van der Waals surface area (Å²) in [7, 11) is 0. The van der Waals surface area contributed by atoms with Gasteiger partial charge in [0.1, 0.15) is 17.1 Å². The van der Waals surface area contributed by atoms with Crippen molar-refractivity contribution in [1.82, 2.24) is 0 Å². The monoisotopic (exact) mass is 463 g/mol. The van der Waals surface area contributed by atoms with Crippen LogP contribution in [-0.4, -0.2) is 5.11 Å². The Morgan fingerprint density at radius 1 is 0.686 bits per heavy atom. The Morgan fingerprint density at radius 2 is 1.23 bits per heavy atom. The van der Waals surface area contributed by atoms with Crippen molar-refractivity contribution in [3.63, 3.8) is 0 Å². The zero-order chi connectivity index (χ0) is 25.1. The van der Waals surface area contributed by atoms with Crippen molar-refractivity contribution in [2.75, 3.05) is 5.73 Å². The number of benzene rings is 4. The van der Waals surface area contributed by atoms with Gasteiger partial charge < -0.3 is 10.8 Å². The number of anilines is 1. The number of azo groups is 1. The molecule has 1 unspecified atom stereocenters. The normalized spacial score (nSPS) is 13.6. The molecular formula is C31H33N3O. The number of para-hydroxylation sites is 1. The third-order valence-corrected chi connectivity index (χ3v) is 7.22. The molecule has 3 N–H and O–H groups in total. The summed E-state index contributed by atoms with van der Waals surface area (Å²) < 4.78 is 0. The fourth-order valence-corrected chi connectivity index (χ4v) is 4.54. The van der Waals surface area contributed by atoms with Gasteiger partial charge in [-0.3, -0.25) is 0 Å². The van der Waals surface area contributed by atoms with Crippen LogP contribution in [-0.2, 0) is 10.8 Å². The van der Waals surface area contributed by atoms with Gasteiger partial charge in [0.05, 0.1) is 5.69 Å². The number of hydrogen-bond acceptors (Lipinski definition) is 4. The van der Waals surface area contributed by atoms with E-state index in [1.54, 1.807) is 6.07 Å². The van der Waals surface area contributed by atoms with Gasteiger partial charge >= 0.3 is 0 Å². The Morgan fingerprint density at radius 3 is 1.83 bits per heavy atom. The van der Waals surface area contributed by atoms with Crippen molar-refractivity contribution < 1.29 is 5.11 Å². The van der Waals surface area contributed by atoms with Crippen LogP contribution in [0.15, 0.2) is 107 Å². The Labute approximate surface area is 208 Å². The summed E-state index contributed by atoms with van der Waals surface area (Å²) in [6, 6.07) is 32.1. The summed E-state index contributed by atoms with van der Waals surface area (Å²) in [4.78, 5) is 0. The van der Waals surface area contributed by atoms with E-state index in [-0.39, 0.29) is 11.2 Å². The van der Waals surface area contributed by atoms with E-state index in [0.29, 0.717) is 17.1 Å². The standard InChI is InChI=1S/C31H33N3O/c1-5-31(4,23-16-10-7-11-17-23)25-20-24(30(2,3)22-14-8-6-9-15-22)21-28(29(25)35)34-33-27-19-13-12-18-26(27)32/h6-21,35H,5,32H2,1-4H3. The molecule has 1 atom stereocenters. The Balaban J connectivity index is 1.94. The molecule has 0 saturated heterocycles. The SMILES string of the molecule is CCC(C)(c1ccccc1)c1cc(C(C)(C)c2ccccc2)cc(N=Nc2ccccc2N)c1O. The highest BCUT2D eigenvalue weighted by atomic mass is 16.3. The first-order valence-electron chi connectivity index (χ1n) is 12.0. The molecule has 0 amide bonds. The zero-order valence-corrected chi connectivity index (χ0v) is 20.9. The second-order valence-electron chi connectivity index (χ2n) is 9.69. The van der Waals surface area contributed by atoms with Crippen molar-refractivity contribution in [3.8, 4) is 5.75 Å². The summed E-state index contributed by atoms with van der Waals surface area (Å²) in [5.41, 5.74) is 11.1. The predicted molar refractivity (Wildman–Crippen MR) is 145 cm³/mol. The van der Waals surface area contributed by atoms with Crippen LogP contribution in [0.3, 0.4) is 0 Å². The summed E-state index contributed by atoms with van der Waals surface area (Å²) in [5, 5.41) is 20.4. The quantitative estimate of drug-likeness (QED) is 0.213. The third-order valence-electron chi connectivity index (χ3n) is 7.22. The lowest BCUT2D eigenvalue weighted by atomic mass is 9.70. The lowest BCUT2D eigenvalue weighted by Gasteiger charge is -2.33. The van der Waals surface area contributed by atoms with Crippen LogP contribution in [0.5, 0.6) is 5.75 Å². The number of nitrogens with zero attached hydrogens (tertiary/aromatic N) is 2. The van der Waals surface area contributed by atoms with Gasteiger partial charge in [-0.25, -0.2) is 0 Å². The van der Waals surface area contributed by atoms with Crippen LogP contribution in [0.2, 0.25) is 0 Å². The maximum Gasteiger partial charge on any atom is 0.147 e. The number of aromatic hydroxyl groups is 1. The number of phenols is 1. The Bertz CT molecular complexity index is 1330. The highest BCUT2D eigenvalue weighted by molar-refractivity contribution is 5.65. The molecule has 4 aromatic rings. The molecular weight excluding hydrogens is 430 g/mol. The van der Waals surface area contributed by atoms with E-state index >= 15 is 0 Å². The molecule has 0 fully saturated rings. The zero-order valence-electron chi connectivity index (χ0n) is 20.9. The minimum atomic E-state index is -0.413. The molecule has 4 heteroatoms. The molecule has 0 aromatic heterocycles. The molecule has 0 heterocycles. The van der Waals surface area contributed by atoms with Gasteiger partial charge in [-0.05, 0) is 41.3 Å². The van der Waals surface area contributed by atoms with Crippen LogP contribution in [0.1, 0.15) is 56.4 Å². The molecule has 4 rings (SSSR count).